The predicted octanol–water partition coefficient (Wildman–Crippen LogP) is 6.22. The number of esters is 1. The van der Waals surface area contributed by atoms with Crippen molar-refractivity contribution in [3.8, 4) is 0 Å². The van der Waals surface area contributed by atoms with Gasteiger partial charge < -0.3 is 20.0 Å². The monoisotopic (exact) mass is 536 g/mol. The van der Waals surface area contributed by atoms with E-state index in [2.05, 4.69) is 44.2 Å². The number of carbonyl (C=O) groups is 3. The Morgan fingerprint density at radius 2 is 1.56 bits per heavy atom. The molecule has 3 rings (SSSR count). The van der Waals surface area contributed by atoms with Gasteiger partial charge in [0.2, 0.25) is 6.10 Å². The molecule has 8 nitrogen and oxygen atoms in total. The molecule has 1 atom stereocenters. The zero-order valence-electron chi connectivity index (χ0n) is 23.8. The molecule has 0 spiro atoms. The van der Waals surface area contributed by atoms with E-state index in [1.807, 2.05) is 19.1 Å². The highest BCUT2D eigenvalue weighted by atomic mass is 16.7. The van der Waals surface area contributed by atoms with E-state index in [9.17, 15) is 19.5 Å². The highest BCUT2D eigenvalue weighted by Gasteiger charge is 2.37. The van der Waals surface area contributed by atoms with E-state index < -0.39 is 23.9 Å². The molecule has 210 valence electrons. The lowest BCUT2D eigenvalue weighted by Crippen LogP contribution is -2.34. The molecule has 2 N–H and O–H groups in total. The van der Waals surface area contributed by atoms with E-state index in [0.717, 1.165) is 31.2 Å². The molecule has 0 heterocycles. The summed E-state index contributed by atoms with van der Waals surface area (Å²) in [6, 6.07) is 11.8. The zero-order valence-corrected chi connectivity index (χ0v) is 23.8. The summed E-state index contributed by atoms with van der Waals surface area (Å²) >= 11 is 0. The van der Waals surface area contributed by atoms with E-state index in [-0.39, 0.29) is 28.7 Å². The van der Waals surface area contributed by atoms with Crippen LogP contribution in [0.25, 0.3) is 0 Å². The van der Waals surface area contributed by atoms with Gasteiger partial charge in [0.15, 0.2) is 5.71 Å². The van der Waals surface area contributed by atoms with Crippen molar-refractivity contribution in [1.29, 1.82) is 0 Å². The molecule has 1 aliphatic carbocycles. The second kappa shape index (κ2) is 12.5. The lowest BCUT2D eigenvalue weighted by molar-refractivity contribution is -0.157. The van der Waals surface area contributed by atoms with Crippen molar-refractivity contribution in [3.05, 3.63) is 64.7 Å². The van der Waals surface area contributed by atoms with Crippen molar-refractivity contribution in [2.24, 2.45) is 5.16 Å². The maximum atomic E-state index is 13.6. The first kappa shape index (κ1) is 29.9. The van der Waals surface area contributed by atoms with Gasteiger partial charge in [-0.1, -0.05) is 58.3 Å². The first-order valence-electron chi connectivity index (χ1n) is 13.6. The van der Waals surface area contributed by atoms with Crippen LogP contribution >= 0.6 is 0 Å². The van der Waals surface area contributed by atoms with Gasteiger partial charge in [0.1, 0.15) is 0 Å². The molecule has 39 heavy (non-hydrogen) atoms. The van der Waals surface area contributed by atoms with Crippen LogP contribution in [0.3, 0.4) is 0 Å². The van der Waals surface area contributed by atoms with Crippen molar-refractivity contribution in [2.45, 2.75) is 90.6 Å². The Morgan fingerprint density at radius 3 is 2.15 bits per heavy atom. The van der Waals surface area contributed by atoms with E-state index in [0.29, 0.717) is 17.7 Å². The second-order valence-electron chi connectivity index (χ2n) is 11.3. The zero-order chi connectivity index (χ0) is 28.8. The van der Waals surface area contributed by atoms with Gasteiger partial charge in [-0.2, -0.15) is 0 Å². The molecule has 2 aromatic rings. The van der Waals surface area contributed by atoms with Crippen molar-refractivity contribution in [3.63, 3.8) is 0 Å². The summed E-state index contributed by atoms with van der Waals surface area (Å²) in [7, 11) is 0. The molecular formula is C31H40N2O6. The Labute approximate surface area is 230 Å². The number of hydrogen-bond acceptors (Lipinski definition) is 6. The minimum Gasteiger partial charge on any atom is -0.478 e. The van der Waals surface area contributed by atoms with Crippen LogP contribution < -0.4 is 5.32 Å². The molecule has 1 aliphatic rings. The summed E-state index contributed by atoms with van der Waals surface area (Å²) in [5.74, 6) is -2.11. The van der Waals surface area contributed by atoms with Gasteiger partial charge in [-0.05, 0) is 84.9 Å². The number of fused-ring (bicyclic) bond motifs is 1. The number of carbonyl (C=O) groups excluding carboxylic acids is 2. The number of hydrogen-bond donors (Lipinski definition) is 2. The average Bonchev–Trinajstić information content (AvgIpc) is 2.89. The van der Waals surface area contributed by atoms with Gasteiger partial charge in [0.25, 0.3) is 5.91 Å². The number of carboxylic acid groups (broad SMARTS) is 1. The molecule has 0 aromatic heterocycles. The van der Waals surface area contributed by atoms with Crippen molar-refractivity contribution in [2.75, 3.05) is 11.9 Å². The number of ether oxygens (including phenoxy) is 1. The SMILES string of the molecule is CCCCC(ON=C(C(=O)Nc1ccc(C(=O)O)cc1)c1ccc2c(c1)C(C)(C)CCC2(C)C)C(=O)OCC. The molecule has 0 aliphatic heterocycles. The van der Waals surface area contributed by atoms with Crippen LogP contribution in [0, 0.1) is 0 Å². The number of nitrogens with one attached hydrogen (secondary N) is 1. The molecule has 1 unspecified atom stereocenters. The number of rotatable bonds is 11. The Balaban J connectivity index is 2.03. The third-order valence-corrected chi connectivity index (χ3v) is 7.37. The number of oxime groups is 1. The van der Waals surface area contributed by atoms with Crippen molar-refractivity contribution < 1.29 is 29.1 Å². The summed E-state index contributed by atoms with van der Waals surface area (Å²) in [6.45, 7) is 12.8. The topological polar surface area (TPSA) is 114 Å². The van der Waals surface area contributed by atoms with Gasteiger partial charge in [-0.3, -0.25) is 4.79 Å². The van der Waals surface area contributed by atoms with Crippen LogP contribution in [-0.2, 0) is 30.0 Å². The van der Waals surface area contributed by atoms with E-state index in [1.165, 1.54) is 29.8 Å². The largest absolute Gasteiger partial charge is 0.478 e. The lowest BCUT2D eigenvalue weighted by Gasteiger charge is -2.42. The van der Waals surface area contributed by atoms with Crippen LogP contribution in [0.5, 0.6) is 0 Å². The molecule has 0 bridgehead atoms. The molecule has 2 aromatic carbocycles. The van der Waals surface area contributed by atoms with Crippen LogP contribution in [0.2, 0.25) is 0 Å². The highest BCUT2D eigenvalue weighted by Crippen LogP contribution is 2.46. The Bertz CT molecular complexity index is 1230. The van der Waals surface area contributed by atoms with Gasteiger partial charge in [-0.25, -0.2) is 9.59 Å². The van der Waals surface area contributed by atoms with Crippen LogP contribution in [0.15, 0.2) is 47.6 Å². The average molecular weight is 537 g/mol. The van der Waals surface area contributed by atoms with Crippen LogP contribution in [0.1, 0.15) is 101 Å². The van der Waals surface area contributed by atoms with E-state index in [1.54, 1.807) is 6.92 Å². The number of nitrogens with zero attached hydrogens (tertiary/aromatic N) is 1. The standard InChI is InChI=1S/C31H40N2O6/c1-7-9-10-25(29(37)38-8-2)39-33-26(27(34)32-22-14-11-20(12-15-22)28(35)36)21-13-16-23-24(19-21)31(5,6)18-17-30(23,3)4/h11-16,19,25H,7-10,17-18H2,1-6H3,(H,32,34)(H,35,36). The number of unbranched alkanes of at least 4 members (excludes halogenated alkanes) is 1. The smallest absolute Gasteiger partial charge is 0.350 e. The second-order valence-corrected chi connectivity index (χ2v) is 11.3. The number of anilines is 1. The van der Waals surface area contributed by atoms with Crippen LogP contribution in [-0.4, -0.2) is 41.4 Å². The van der Waals surface area contributed by atoms with Gasteiger partial charge in [0.05, 0.1) is 12.2 Å². The summed E-state index contributed by atoms with van der Waals surface area (Å²) in [6.07, 6.45) is 3.13. The maximum absolute atomic E-state index is 13.6. The third-order valence-electron chi connectivity index (χ3n) is 7.37. The fourth-order valence-electron chi connectivity index (χ4n) is 4.80. The molecular weight excluding hydrogens is 496 g/mol. The third kappa shape index (κ3) is 7.25. The summed E-state index contributed by atoms with van der Waals surface area (Å²) in [5, 5.41) is 16.2. The maximum Gasteiger partial charge on any atom is 0.350 e. The normalized spacial score (nSPS) is 16.5. The Morgan fingerprint density at radius 1 is 0.949 bits per heavy atom. The number of aromatic carboxylic acids is 1. The molecule has 0 saturated carbocycles. The molecule has 0 fully saturated rings. The summed E-state index contributed by atoms with van der Waals surface area (Å²) < 4.78 is 5.17. The Hall–Kier alpha value is -3.68. The number of carboxylic acids is 1. The quantitative estimate of drug-likeness (QED) is 0.200. The molecule has 1 amide bonds. The molecule has 0 saturated heterocycles. The summed E-state index contributed by atoms with van der Waals surface area (Å²) in [5.41, 5.74) is 3.39. The lowest BCUT2D eigenvalue weighted by atomic mass is 9.63. The number of amides is 1. The van der Waals surface area contributed by atoms with Crippen molar-refractivity contribution in [1.82, 2.24) is 0 Å². The van der Waals surface area contributed by atoms with Gasteiger partial charge >= 0.3 is 11.9 Å². The number of benzene rings is 2. The fourth-order valence-corrected chi connectivity index (χ4v) is 4.80. The minimum atomic E-state index is -1.06. The predicted molar refractivity (Wildman–Crippen MR) is 151 cm³/mol. The van der Waals surface area contributed by atoms with E-state index in [4.69, 9.17) is 9.57 Å². The first-order valence-corrected chi connectivity index (χ1v) is 13.6. The van der Waals surface area contributed by atoms with Crippen LogP contribution in [0.4, 0.5) is 5.69 Å². The van der Waals surface area contributed by atoms with E-state index >= 15 is 0 Å². The summed E-state index contributed by atoms with van der Waals surface area (Å²) in [4.78, 5) is 43.0. The molecule has 0 radical (unpaired) electrons. The minimum absolute atomic E-state index is 0.000490. The van der Waals surface area contributed by atoms with Gasteiger partial charge in [-0.15, -0.1) is 0 Å². The first-order chi connectivity index (χ1) is 18.4. The highest BCUT2D eigenvalue weighted by molar-refractivity contribution is 6.48. The molecule has 8 heteroatoms. The van der Waals surface area contributed by atoms with Crippen molar-refractivity contribution >= 4 is 29.2 Å². The Kier molecular flexibility index (Phi) is 9.54. The fraction of sp³-hybridized carbons (Fsp3) is 0.484. The van der Waals surface area contributed by atoms with Gasteiger partial charge in [0, 0.05) is 11.3 Å².